The molecule has 2 aromatic rings. The lowest BCUT2D eigenvalue weighted by atomic mass is 10.1. The van der Waals surface area contributed by atoms with Crippen LogP contribution < -0.4 is 5.56 Å². The van der Waals surface area contributed by atoms with Gasteiger partial charge in [0.1, 0.15) is 0 Å². The van der Waals surface area contributed by atoms with Gasteiger partial charge in [-0.25, -0.2) is 0 Å². The predicted molar refractivity (Wildman–Crippen MR) is 57.0 cm³/mol. The van der Waals surface area contributed by atoms with Crippen molar-refractivity contribution in [1.29, 1.82) is 0 Å². The van der Waals surface area contributed by atoms with Gasteiger partial charge in [-0.3, -0.25) is 4.79 Å². The molecule has 0 aliphatic heterocycles. The molecule has 0 fully saturated rings. The van der Waals surface area contributed by atoms with Crippen LogP contribution in [-0.2, 0) is 0 Å². The van der Waals surface area contributed by atoms with Crippen molar-refractivity contribution in [3.8, 4) is 0 Å². The fourth-order valence-corrected chi connectivity index (χ4v) is 1.86. The van der Waals surface area contributed by atoms with Crippen molar-refractivity contribution < 1.29 is 0 Å². The van der Waals surface area contributed by atoms with Gasteiger partial charge in [-0.1, -0.05) is 24.3 Å². The number of pyridine rings is 1. The summed E-state index contributed by atoms with van der Waals surface area (Å²) in [6.45, 7) is 1.90. The minimum atomic E-state index is -0.0730. The number of H-pyrrole nitrogens is 1. The van der Waals surface area contributed by atoms with Gasteiger partial charge in [0.2, 0.25) is 0 Å². The van der Waals surface area contributed by atoms with Gasteiger partial charge >= 0.3 is 0 Å². The average molecular weight is 238 g/mol. The molecule has 0 aliphatic rings. The maximum Gasteiger partial charge on any atom is 0.263 e. The third kappa shape index (κ3) is 1.29. The van der Waals surface area contributed by atoms with E-state index in [1.807, 2.05) is 31.2 Å². The van der Waals surface area contributed by atoms with E-state index < -0.39 is 0 Å². The van der Waals surface area contributed by atoms with Crippen LogP contribution in [0.25, 0.3) is 10.8 Å². The zero-order valence-electron chi connectivity index (χ0n) is 7.10. The molecule has 1 heterocycles. The van der Waals surface area contributed by atoms with Crippen LogP contribution in [0.15, 0.2) is 33.5 Å². The van der Waals surface area contributed by atoms with E-state index in [9.17, 15) is 4.79 Å². The first kappa shape index (κ1) is 8.51. The average Bonchev–Trinajstić information content (AvgIpc) is 2.15. The Morgan fingerprint density at radius 2 is 1.85 bits per heavy atom. The molecule has 0 saturated heterocycles. The van der Waals surface area contributed by atoms with Crippen molar-refractivity contribution >= 4 is 26.7 Å². The summed E-state index contributed by atoms with van der Waals surface area (Å²) in [6.07, 6.45) is 0. The summed E-state index contributed by atoms with van der Waals surface area (Å²) in [4.78, 5) is 14.1. The van der Waals surface area contributed by atoms with Gasteiger partial charge in [0, 0.05) is 16.5 Å². The first-order valence-electron chi connectivity index (χ1n) is 3.97. The minimum Gasteiger partial charge on any atom is -0.325 e. The second kappa shape index (κ2) is 3.00. The third-order valence-corrected chi connectivity index (χ3v) is 2.86. The number of rotatable bonds is 0. The monoisotopic (exact) mass is 237 g/mol. The number of aryl methyl sites for hydroxylation is 1. The van der Waals surface area contributed by atoms with Gasteiger partial charge in [0.15, 0.2) is 0 Å². The van der Waals surface area contributed by atoms with E-state index in [-0.39, 0.29) is 5.56 Å². The smallest absolute Gasteiger partial charge is 0.263 e. The Labute approximate surface area is 83.7 Å². The number of halogens is 1. The molecule has 1 N–H and O–H groups in total. The Balaban J connectivity index is 3.06. The topological polar surface area (TPSA) is 32.9 Å². The van der Waals surface area contributed by atoms with Crippen LogP contribution in [0.4, 0.5) is 0 Å². The SMILES string of the molecule is Cc1[nH]c(=O)c(Br)c2ccccc12. The van der Waals surface area contributed by atoms with Crippen LogP contribution in [0, 0.1) is 6.92 Å². The molecule has 0 spiro atoms. The second-order valence-electron chi connectivity index (χ2n) is 2.94. The molecule has 0 bridgehead atoms. The zero-order chi connectivity index (χ0) is 9.42. The molecule has 2 rings (SSSR count). The molecule has 0 atom stereocenters. The molecule has 1 aromatic heterocycles. The van der Waals surface area contributed by atoms with E-state index in [4.69, 9.17) is 0 Å². The van der Waals surface area contributed by atoms with E-state index in [1.54, 1.807) is 0 Å². The Kier molecular flexibility index (Phi) is 1.96. The largest absolute Gasteiger partial charge is 0.325 e. The van der Waals surface area contributed by atoms with E-state index in [1.165, 1.54) is 0 Å². The highest BCUT2D eigenvalue weighted by molar-refractivity contribution is 9.10. The van der Waals surface area contributed by atoms with Gasteiger partial charge in [-0.2, -0.15) is 0 Å². The molecule has 66 valence electrons. The fraction of sp³-hybridized carbons (Fsp3) is 0.100. The van der Waals surface area contributed by atoms with Crippen LogP contribution in [0.2, 0.25) is 0 Å². The summed E-state index contributed by atoms with van der Waals surface area (Å²) >= 11 is 3.27. The van der Waals surface area contributed by atoms with Crippen molar-refractivity contribution in [2.45, 2.75) is 6.92 Å². The Morgan fingerprint density at radius 1 is 1.23 bits per heavy atom. The number of aromatic nitrogens is 1. The summed E-state index contributed by atoms with van der Waals surface area (Å²) in [5, 5.41) is 2.04. The predicted octanol–water partition coefficient (Wildman–Crippen LogP) is 2.60. The highest BCUT2D eigenvalue weighted by Gasteiger charge is 2.04. The van der Waals surface area contributed by atoms with Crippen LogP contribution >= 0.6 is 15.9 Å². The molecule has 0 saturated carbocycles. The van der Waals surface area contributed by atoms with Crippen molar-refractivity contribution in [2.75, 3.05) is 0 Å². The lowest BCUT2D eigenvalue weighted by molar-refractivity contribution is 1.16. The normalized spacial score (nSPS) is 10.6. The number of hydrogen-bond acceptors (Lipinski definition) is 1. The van der Waals surface area contributed by atoms with Gasteiger partial charge in [0.05, 0.1) is 4.47 Å². The van der Waals surface area contributed by atoms with Gasteiger partial charge in [0.25, 0.3) is 5.56 Å². The van der Waals surface area contributed by atoms with Crippen molar-refractivity contribution in [1.82, 2.24) is 4.98 Å². The summed E-state index contributed by atoms with van der Waals surface area (Å²) in [5.41, 5.74) is 0.833. The third-order valence-electron chi connectivity index (χ3n) is 2.07. The molecule has 13 heavy (non-hydrogen) atoms. The maximum absolute atomic E-state index is 11.4. The maximum atomic E-state index is 11.4. The molecule has 0 aliphatic carbocycles. The molecule has 2 nitrogen and oxygen atoms in total. The van der Waals surface area contributed by atoms with Gasteiger partial charge in [-0.05, 0) is 22.9 Å². The van der Waals surface area contributed by atoms with E-state index in [0.717, 1.165) is 16.5 Å². The molecular formula is C10H8BrNO. The molecule has 0 unspecified atom stereocenters. The van der Waals surface area contributed by atoms with Gasteiger partial charge in [-0.15, -0.1) is 0 Å². The number of fused-ring (bicyclic) bond motifs is 1. The Bertz CT molecular complexity index is 516. The van der Waals surface area contributed by atoms with Crippen LogP contribution in [0.3, 0.4) is 0 Å². The summed E-state index contributed by atoms with van der Waals surface area (Å²) in [6, 6.07) is 7.80. The first-order chi connectivity index (χ1) is 6.20. The molecule has 3 heteroatoms. The second-order valence-corrected chi connectivity index (χ2v) is 3.73. The zero-order valence-corrected chi connectivity index (χ0v) is 8.68. The Hall–Kier alpha value is -1.09. The van der Waals surface area contributed by atoms with E-state index in [2.05, 4.69) is 20.9 Å². The van der Waals surface area contributed by atoms with E-state index >= 15 is 0 Å². The van der Waals surface area contributed by atoms with Crippen molar-refractivity contribution in [3.63, 3.8) is 0 Å². The molecule has 1 aromatic carbocycles. The van der Waals surface area contributed by atoms with Gasteiger partial charge < -0.3 is 4.98 Å². The van der Waals surface area contributed by atoms with Crippen molar-refractivity contribution in [3.05, 3.63) is 44.8 Å². The summed E-state index contributed by atoms with van der Waals surface area (Å²) < 4.78 is 0.605. The van der Waals surface area contributed by atoms with E-state index in [0.29, 0.717) is 4.47 Å². The highest BCUT2D eigenvalue weighted by atomic mass is 79.9. The number of aromatic amines is 1. The fourth-order valence-electron chi connectivity index (χ4n) is 1.42. The lowest BCUT2D eigenvalue weighted by Crippen LogP contribution is -2.08. The van der Waals surface area contributed by atoms with Crippen LogP contribution in [-0.4, -0.2) is 4.98 Å². The number of hydrogen-bond donors (Lipinski definition) is 1. The van der Waals surface area contributed by atoms with Crippen molar-refractivity contribution in [2.24, 2.45) is 0 Å². The summed E-state index contributed by atoms with van der Waals surface area (Å²) in [7, 11) is 0. The number of nitrogens with one attached hydrogen (secondary N) is 1. The Morgan fingerprint density at radius 3 is 2.54 bits per heavy atom. The van der Waals surface area contributed by atoms with Crippen LogP contribution in [0.1, 0.15) is 5.69 Å². The molecule has 0 amide bonds. The lowest BCUT2D eigenvalue weighted by Gasteiger charge is -2.02. The number of benzene rings is 1. The molecular weight excluding hydrogens is 230 g/mol. The highest BCUT2D eigenvalue weighted by Crippen LogP contribution is 2.21. The standard InChI is InChI=1S/C10H8BrNO/c1-6-7-4-2-3-5-8(7)9(11)10(13)12-6/h2-5H,1H3,(H,12,13). The van der Waals surface area contributed by atoms with Crippen LogP contribution in [0.5, 0.6) is 0 Å². The minimum absolute atomic E-state index is 0.0730. The quantitative estimate of drug-likeness (QED) is 0.751. The molecule has 0 radical (unpaired) electrons. The summed E-state index contributed by atoms with van der Waals surface area (Å²) in [5.74, 6) is 0. The first-order valence-corrected chi connectivity index (χ1v) is 4.76.